The monoisotopic (exact) mass is 325 g/mol. The number of hydrogen-bond acceptors (Lipinski definition) is 2. The molecule has 106 valence electrons. The number of hydrogen-bond donors (Lipinski definition) is 1. The Labute approximate surface area is 125 Å². The van der Waals surface area contributed by atoms with E-state index in [0.717, 1.165) is 23.2 Å². The van der Waals surface area contributed by atoms with Crippen LogP contribution in [0.15, 0.2) is 22.7 Å². The summed E-state index contributed by atoms with van der Waals surface area (Å²) in [6, 6.07) is 6.75. The molecule has 0 radical (unpaired) electrons. The fourth-order valence-corrected chi connectivity index (χ4v) is 3.30. The van der Waals surface area contributed by atoms with Crippen molar-refractivity contribution in [1.29, 1.82) is 0 Å². The molecule has 1 saturated carbocycles. The molecule has 0 amide bonds. The largest absolute Gasteiger partial charge is 0.490 e. The highest BCUT2D eigenvalue weighted by Gasteiger charge is 2.17. The highest BCUT2D eigenvalue weighted by Crippen LogP contribution is 2.30. The van der Waals surface area contributed by atoms with Crippen LogP contribution >= 0.6 is 15.9 Å². The van der Waals surface area contributed by atoms with Gasteiger partial charge in [-0.2, -0.15) is 0 Å². The number of rotatable bonds is 6. The molecule has 1 aliphatic rings. The number of benzene rings is 1. The third-order valence-electron chi connectivity index (χ3n) is 3.74. The third-order valence-corrected chi connectivity index (χ3v) is 4.43. The standard InChI is InChI=1S/C16H24BrNO/c1-3-10-18-12(2)15-9-8-14(11-16(15)17)19-13-6-4-5-7-13/h8-9,11-13,18H,3-7,10H2,1-2H3. The van der Waals surface area contributed by atoms with E-state index in [0.29, 0.717) is 12.1 Å². The molecular formula is C16H24BrNO. The Kier molecular flexibility index (Phi) is 5.71. The molecule has 0 heterocycles. The van der Waals surface area contributed by atoms with Crippen molar-refractivity contribution in [2.24, 2.45) is 0 Å². The summed E-state index contributed by atoms with van der Waals surface area (Å²) >= 11 is 3.67. The van der Waals surface area contributed by atoms with Crippen LogP contribution in [0.5, 0.6) is 5.75 Å². The van der Waals surface area contributed by atoms with Crippen molar-refractivity contribution in [3.8, 4) is 5.75 Å². The SMILES string of the molecule is CCCNC(C)c1ccc(OC2CCCC2)cc1Br. The van der Waals surface area contributed by atoms with Crippen molar-refractivity contribution < 1.29 is 4.74 Å². The Morgan fingerprint density at radius 1 is 1.37 bits per heavy atom. The van der Waals surface area contributed by atoms with Gasteiger partial charge in [0.05, 0.1) is 6.10 Å². The molecule has 0 spiro atoms. The molecule has 0 aromatic heterocycles. The first kappa shape index (κ1) is 14.9. The maximum atomic E-state index is 6.02. The van der Waals surface area contributed by atoms with E-state index in [4.69, 9.17) is 4.74 Å². The second kappa shape index (κ2) is 7.30. The average molecular weight is 326 g/mol. The minimum absolute atomic E-state index is 0.370. The Morgan fingerprint density at radius 3 is 2.74 bits per heavy atom. The second-order valence-corrected chi connectivity index (χ2v) is 6.24. The van der Waals surface area contributed by atoms with E-state index in [9.17, 15) is 0 Å². The normalized spacial score (nSPS) is 17.6. The van der Waals surface area contributed by atoms with Gasteiger partial charge in [0.1, 0.15) is 5.75 Å². The molecule has 19 heavy (non-hydrogen) atoms. The van der Waals surface area contributed by atoms with Crippen molar-refractivity contribution in [3.63, 3.8) is 0 Å². The first-order chi connectivity index (χ1) is 9.20. The van der Waals surface area contributed by atoms with Gasteiger partial charge in [0, 0.05) is 10.5 Å². The first-order valence-electron chi connectivity index (χ1n) is 7.40. The minimum Gasteiger partial charge on any atom is -0.490 e. The predicted octanol–water partition coefficient (Wildman–Crippen LogP) is 4.83. The Balaban J connectivity index is 1.99. The van der Waals surface area contributed by atoms with Gasteiger partial charge in [0.2, 0.25) is 0 Å². The smallest absolute Gasteiger partial charge is 0.120 e. The number of ether oxygens (including phenoxy) is 1. The highest BCUT2D eigenvalue weighted by atomic mass is 79.9. The van der Waals surface area contributed by atoms with Crippen molar-refractivity contribution in [1.82, 2.24) is 5.32 Å². The molecule has 1 unspecified atom stereocenters. The first-order valence-corrected chi connectivity index (χ1v) is 8.19. The van der Waals surface area contributed by atoms with Crippen LogP contribution in [0.2, 0.25) is 0 Å². The van der Waals surface area contributed by atoms with Gasteiger partial charge in [-0.15, -0.1) is 0 Å². The zero-order valence-electron chi connectivity index (χ0n) is 11.9. The summed E-state index contributed by atoms with van der Waals surface area (Å²) in [6.07, 6.45) is 6.60. The molecule has 1 N–H and O–H groups in total. The molecule has 2 nitrogen and oxygen atoms in total. The Bertz CT molecular complexity index is 402. The molecule has 1 aliphatic carbocycles. The van der Waals surface area contributed by atoms with E-state index >= 15 is 0 Å². The molecule has 3 heteroatoms. The van der Waals surface area contributed by atoms with E-state index in [-0.39, 0.29) is 0 Å². The highest BCUT2D eigenvalue weighted by molar-refractivity contribution is 9.10. The summed E-state index contributed by atoms with van der Waals surface area (Å²) in [5.41, 5.74) is 1.30. The average Bonchev–Trinajstić information content (AvgIpc) is 2.89. The lowest BCUT2D eigenvalue weighted by atomic mass is 10.1. The van der Waals surface area contributed by atoms with Crippen LogP contribution in [-0.4, -0.2) is 12.6 Å². The Hall–Kier alpha value is -0.540. The minimum atomic E-state index is 0.370. The zero-order valence-corrected chi connectivity index (χ0v) is 13.5. The quantitative estimate of drug-likeness (QED) is 0.808. The summed E-state index contributed by atoms with van der Waals surface area (Å²) < 4.78 is 7.16. The van der Waals surface area contributed by atoms with E-state index in [1.807, 2.05) is 0 Å². The maximum absolute atomic E-state index is 6.02. The van der Waals surface area contributed by atoms with Crippen LogP contribution in [0.25, 0.3) is 0 Å². The zero-order chi connectivity index (χ0) is 13.7. The number of nitrogens with one attached hydrogen (secondary N) is 1. The van der Waals surface area contributed by atoms with E-state index in [2.05, 4.69) is 53.3 Å². The maximum Gasteiger partial charge on any atom is 0.120 e. The van der Waals surface area contributed by atoms with Gasteiger partial charge < -0.3 is 10.1 Å². The topological polar surface area (TPSA) is 21.3 Å². The molecule has 0 bridgehead atoms. The summed E-state index contributed by atoms with van der Waals surface area (Å²) in [5, 5.41) is 3.51. The lowest BCUT2D eigenvalue weighted by molar-refractivity contribution is 0.210. The van der Waals surface area contributed by atoms with Crippen LogP contribution in [0.3, 0.4) is 0 Å². The lowest BCUT2D eigenvalue weighted by Crippen LogP contribution is -2.19. The molecule has 0 aliphatic heterocycles. The van der Waals surface area contributed by atoms with Gasteiger partial charge >= 0.3 is 0 Å². The van der Waals surface area contributed by atoms with Crippen molar-refractivity contribution in [2.75, 3.05) is 6.54 Å². The van der Waals surface area contributed by atoms with Gasteiger partial charge in [-0.3, -0.25) is 0 Å². The van der Waals surface area contributed by atoms with E-state index < -0.39 is 0 Å². The summed E-state index contributed by atoms with van der Waals surface area (Å²) in [5.74, 6) is 0.991. The molecule has 1 atom stereocenters. The molecule has 2 rings (SSSR count). The van der Waals surface area contributed by atoms with Crippen LogP contribution in [0.4, 0.5) is 0 Å². The van der Waals surface area contributed by atoms with Gasteiger partial charge in [0.15, 0.2) is 0 Å². The van der Waals surface area contributed by atoms with Crippen molar-refractivity contribution >= 4 is 15.9 Å². The van der Waals surface area contributed by atoms with E-state index in [1.165, 1.54) is 31.2 Å². The predicted molar refractivity (Wildman–Crippen MR) is 83.7 cm³/mol. The summed E-state index contributed by atoms with van der Waals surface area (Å²) in [4.78, 5) is 0. The van der Waals surface area contributed by atoms with Crippen LogP contribution in [-0.2, 0) is 0 Å². The van der Waals surface area contributed by atoms with Crippen molar-refractivity contribution in [2.45, 2.75) is 58.1 Å². The van der Waals surface area contributed by atoms with E-state index in [1.54, 1.807) is 0 Å². The fourth-order valence-electron chi connectivity index (χ4n) is 2.60. The third kappa shape index (κ3) is 4.22. The fraction of sp³-hybridized carbons (Fsp3) is 0.625. The van der Waals surface area contributed by atoms with Gasteiger partial charge in [0.25, 0.3) is 0 Å². The van der Waals surface area contributed by atoms with Gasteiger partial charge in [-0.25, -0.2) is 0 Å². The van der Waals surface area contributed by atoms with Crippen LogP contribution in [0.1, 0.15) is 57.6 Å². The second-order valence-electron chi connectivity index (χ2n) is 5.38. The molecule has 1 aromatic carbocycles. The molecular weight excluding hydrogens is 302 g/mol. The van der Waals surface area contributed by atoms with Crippen LogP contribution < -0.4 is 10.1 Å². The lowest BCUT2D eigenvalue weighted by Gasteiger charge is -2.18. The van der Waals surface area contributed by atoms with Gasteiger partial charge in [-0.1, -0.05) is 28.9 Å². The van der Waals surface area contributed by atoms with Crippen LogP contribution in [0, 0.1) is 0 Å². The molecule has 0 saturated heterocycles. The summed E-state index contributed by atoms with van der Waals surface area (Å²) in [7, 11) is 0. The Morgan fingerprint density at radius 2 is 2.11 bits per heavy atom. The number of halogens is 1. The molecule has 1 fully saturated rings. The molecule has 1 aromatic rings. The van der Waals surface area contributed by atoms with Gasteiger partial charge in [-0.05, 0) is 63.3 Å². The summed E-state index contributed by atoms with van der Waals surface area (Å²) in [6.45, 7) is 5.44. The van der Waals surface area contributed by atoms with Crippen molar-refractivity contribution in [3.05, 3.63) is 28.2 Å².